The van der Waals surface area contributed by atoms with Crippen LogP contribution in [0.4, 0.5) is 0 Å². The van der Waals surface area contributed by atoms with Crippen molar-refractivity contribution in [1.29, 1.82) is 0 Å². The summed E-state index contributed by atoms with van der Waals surface area (Å²) in [5.74, 6) is 0.761. The Bertz CT molecular complexity index is 1020. The summed E-state index contributed by atoms with van der Waals surface area (Å²) in [5.41, 5.74) is 1.50. The number of benzene rings is 2. The molecule has 0 unspecified atom stereocenters. The van der Waals surface area contributed by atoms with Crippen molar-refractivity contribution in [2.45, 2.75) is 6.92 Å². The molecule has 0 fully saturated rings. The minimum atomic E-state index is -0.139. The highest BCUT2D eigenvalue weighted by molar-refractivity contribution is 9.10. The van der Waals surface area contributed by atoms with Gasteiger partial charge in [0.15, 0.2) is 0 Å². The lowest BCUT2D eigenvalue weighted by Crippen LogP contribution is -2.34. The summed E-state index contributed by atoms with van der Waals surface area (Å²) in [7, 11) is 0. The van der Waals surface area contributed by atoms with Crippen LogP contribution in [0.1, 0.15) is 12.5 Å². The van der Waals surface area contributed by atoms with E-state index in [-0.39, 0.29) is 5.56 Å². The van der Waals surface area contributed by atoms with Crippen LogP contribution in [-0.4, -0.2) is 16.4 Å². The van der Waals surface area contributed by atoms with Gasteiger partial charge >= 0.3 is 0 Å². The number of halogens is 1. The Balaban J connectivity index is 2.16. The fraction of sp³-hybridized carbons (Fsp3) is 0.105. The lowest BCUT2D eigenvalue weighted by atomic mass is 10.2. The van der Waals surface area contributed by atoms with Crippen LogP contribution >= 0.6 is 15.9 Å². The van der Waals surface area contributed by atoms with E-state index < -0.39 is 0 Å². The SMILES string of the molecule is C=c1[nH]n(-c2ccccc2)c(=O)c1=Cc1cc(OCC)ccc1Br. The number of aromatic nitrogens is 2. The van der Waals surface area contributed by atoms with Gasteiger partial charge in [-0.25, -0.2) is 4.68 Å². The second kappa shape index (κ2) is 6.93. The second-order valence-corrected chi connectivity index (χ2v) is 6.10. The lowest BCUT2D eigenvalue weighted by molar-refractivity contribution is 0.340. The van der Waals surface area contributed by atoms with E-state index in [4.69, 9.17) is 4.74 Å². The van der Waals surface area contributed by atoms with E-state index in [1.54, 1.807) is 0 Å². The maximum absolute atomic E-state index is 12.7. The normalized spacial score (nSPS) is 11.7. The first-order valence-electron chi connectivity index (χ1n) is 7.59. The fourth-order valence-electron chi connectivity index (χ4n) is 2.45. The topological polar surface area (TPSA) is 47.0 Å². The molecule has 0 aliphatic carbocycles. The number of H-pyrrole nitrogens is 1. The quantitative estimate of drug-likeness (QED) is 0.751. The molecule has 2 aromatic carbocycles. The number of aromatic amines is 1. The maximum Gasteiger partial charge on any atom is 0.279 e. The number of hydrogen-bond donors (Lipinski definition) is 1. The first-order valence-corrected chi connectivity index (χ1v) is 8.39. The Morgan fingerprint density at radius 3 is 2.71 bits per heavy atom. The first-order chi connectivity index (χ1) is 11.6. The predicted octanol–water partition coefficient (Wildman–Crippen LogP) is 2.57. The van der Waals surface area contributed by atoms with E-state index >= 15 is 0 Å². The van der Waals surface area contributed by atoms with Crippen LogP contribution in [0.15, 0.2) is 57.8 Å². The van der Waals surface area contributed by atoms with E-state index in [0.29, 0.717) is 17.2 Å². The van der Waals surface area contributed by atoms with Gasteiger partial charge in [-0.1, -0.05) is 40.7 Å². The average molecular weight is 385 g/mol. The molecule has 0 spiro atoms. The third kappa shape index (κ3) is 3.21. The van der Waals surface area contributed by atoms with Crippen molar-refractivity contribution in [1.82, 2.24) is 9.78 Å². The number of para-hydroxylation sites is 1. The Morgan fingerprint density at radius 1 is 1.25 bits per heavy atom. The zero-order chi connectivity index (χ0) is 17.1. The molecule has 24 heavy (non-hydrogen) atoms. The smallest absolute Gasteiger partial charge is 0.279 e. The van der Waals surface area contributed by atoms with E-state index in [9.17, 15) is 4.79 Å². The van der Waals surface area contributed by atoms with Gasteiger partial charge in [-0.3, -0.25) is 9.89 Å². The molecule has 122 valence electrons. The van der Waals surface area contributed by atoms with Gasteiger partial charge in [-0.2, -0.15) is 0 Å². The van der Waals surface area contributed by atoms with Gasteiger partial charge in [0.1, 0.15) is 5.75 Å². The molecular weight excluding hydrogens is 368 g/mol. The third-order valence-corrected chi connectivity index (χ3v) is 4.32. The van der Waals surface area contributed by atoms with Gasteiger partial charge in [-0.15, -0.1) is 0 Å². The van der Waals surface area contributed by atoms with Crippen LogP contribution < -0.4 is 20.9 Å². The molecule has 0 aliphatic heterocycles. The minimum absolute atomic E-state index is 0.139. The molecule has 1 aromatic heterocycles. The molecule has 0 saturated carbocycles. The molecule has 0 amide bonds. The van der Waals surface area contributed by atoms with Crippen molar-refractivity contribution in [2.75, 3.05) is 6.61 Å². The molecule has 0 radical (unpaired) electrons. The highest BCUT2D eigenvalue weighted by Crippen LogP contribution is 2.23. The monoisotopic (exact) mass is 384 g/mol. The molecule has 3 rings (SSSR count). The summed E-state index contributed by atoms with van der Waals surface area (Å²) < 4.78 is 7.91. The first kappa shape index (κ1) is 16.3. The predicted molar refractivity (Wildman–Crippen MR) is 100 cm³/mol. The van der Waals surface area contributed by atoms with Crippen molar-refractivity contribution < 1.29 is 4.74 Å². The summed E-state index contributed by atoms with van der Waals surface area (Å²) >= 11 is 3.51. The summed E-state index contributed by atoms with van der Waals surface area (Å²) in [6.45, 7) is 6.48. The Hall–Kier alpha value is -2.53. The third-order valence-electron chi connectivity index (χ3n) is 3.60. The lowest BCUT2D eigenvalue weighted by Gasteiger charge is -2.05. The van der Waals surface area contributed by atoms with Gasteiger partial charge in [-0.05, 0) is 48.9 Å². The molecule has 1 N–H and O–H groups in total. The van der Waals surface area contributed by atoms with E-state index in [1.807, 2.05) is 61.5 Å². The number of rotatable bonds is 4. The van der Waals surface area contributed by atoms with Gasteiger partial charge in [0.2, 0.25) is 0 Å². The minimum Gasteiger partial charge on any atom is -0.494 e. The standard InChI is InChI=1S/C19H17BrN2O2/c1-3-24-16-9-10-18(20)14(11-16)12-17-13(2)21-22(19(17)23)15-7-5-4-6-8-15/h4-12,21H,2-3H2,1H3. The Labute approximate surface area is 147 Å². The van der Waals surface area contributed by atoms with Crippen molar-refractivity contribution in [2.24, 2.45) is 0 Å². The molecule has 1 heterocycles. The average Bonchev–Trinajstić information content (AvgIpc) is 2.87. The van der Waals surface area contributed by atoms with Crippen LogP contribution in [0, 0.1) is 0 Å². The molecule has 5 heteroatoms. The van der Waals surface area contributed by atoms with E-state index in [2.05, 4.69) is 27.6 Å². The molecular formula is C19H17BrN2O2. The largest absolute Gasteiger partial charge is 0.494 e. The summed E-state index contributed by atoms with van der Waals surface area (Å²) in [6, 6.07) is 15.1. The van der Waals surface area contributed by atoms with Gasteiger partial charge < -0.3 is 4.74 Å². The summed E-state index contributed by atoms with van der Waals surface area (Å²) in [6.07, 6.45) is 1.81. The van der Waals surface area contributed by atoms with Crippen molar-refractivity contribution >= 4 is 28.6 Å². The molecule has 0 bridgehead atoms. The van der Waals surface area contributed by atoms with Crippen molar-refractivity contribution in [3.05, 3.63) is 79.5 Å². The number of ether oxygens (including phenoxy) is 1. The maximum atomic E-state index is 12.7. The van der Waals surface area contributed by atoms with Gasteiger partial charge in [0.05, 0.1) is 22.9 Å². The van der Waals surface area contributed by atoms with Crippen LogP contribution in [0.2, 0.25) is 0 Å². The van der Waals surface area contributed by atoms with Crippen LogP contribution in [-0.2, 0) is 0 Å². The summed E-state index contributed by atoms with van der Waals surface area (Å²) in [4.78, 5) is 12.7. The molecule has 0 aliphatic rings. The highest BCUT2D eigenvalue weighted by Gasteiger charge is 2.06. The molecule has 4 nitrogen and oxygen atoms in total. The number of hydrogen-bond acceptors (Lipinski definition) is 2. The van der Waals surface area contributed by atoms with E-state index in [1.165, 1.54) is 4.68 Å². The highest BCUT2D eigenvalue weighted by atomic mass is 79.9. The van der Waals surface area contributed by atoms with Crippen LogP contribution in [0.3, 0.4) is 0 Å². The van der Waals surface area contributed by atoms with Crippen LogP contribution in [0.5, 0.6) is 5.75 Å². The molecule has 0 atom stereocenters. The number of nitrogens with one attached hydrogen (secondary N) is 1. The van der Waals surface area contributed by atoms with Crippen molar-refractivity contribution in [3.63, 3.8) is 0 Å². The number of nitrogens with zero attached hydrogens (tertiary/aromatic N) is 1. The zero-order valence-electron chi connectivity index (χ0n) is 13.3. The van der Waals surface area contributed by atoms with Gasteiger partial charge in [0, 0.05) is 4.47 Å². The fourth-order valence-corrected chi connectivity index (χ4v) is 2.81. The molecule has 3 aromatic rings. The van der Waals surface area contributed by atoms with Crippen LogP contribution in [0.25, 0.3) is 18.3 Å². The van der Waals surface area contributed by atoms with E-state index in [0.717, 1.165) is 21.5 Å². The zero-order valence-corrected chi connectivity index (χ0v) is 14.8. The Kier molecular flexibility index (Phi) is 4.71. The Morgan fingerprint density at radius 2 is 2.00 bits per heavy atom. The summed E-state index contributed by atoms with van der Waals surface area (Å²) in [5, 5.41) is 4.11. The molecule has 0 saturated heterocycles. The van der Waals surface area contributed by atoms with Crippen molar-refractivity contribution in [3.8, 4) is 11.4 Å². The van der Waals surface area contributed by atoms with Gasteiger partial charge in [0.25, 0.3) is 5.56 Å². The second-order valence-electron chi connectivity index (χ2n) is 5.24.